The Morgan fingerprint density at radius 3 is 2.74 bits per heavy atom. The maximum atomic E-state index is 11.8. The summed E-state index contributed by atoms with van der Waals surface area (Å²) in [5.41, 5.74) is 4.67. The molecule has 0 saturated heterocycles. The van der Waals surface area contributed by atoms with Crippen molar-refractivity contribution in [1.29, 1.82) is 0 Å². The number of hydrogen-bond donors (Lipinski definition) is 2. The second-order valence-corrected chi connectivity index (χ2v) is 5.97. The molecule has 118 valence electrons. The number of rotatable bonds is 5. The van der Waals surface area contributed by atoms with E-state index in [9.17, 15) is 4.79 Å². The van der Waals surface area contributed by atoms with E-state index in [-0.39, 0.29) is 6.03 Å². The van der Waals surface area contributed by atoms with E-state index in [2.05, 4.69) is 20.7 Å². The number of carbonyl (C=O) groups is 1. The summed E-state index contributed by atoms with van der Waals surface area (Å²) in [7, 11) is 0. The number of aryl methyl sites for hydroxylation is 1. The Labute approximate surface area is 138 Å². The second-order valence-electron chi connectivity index (χ2n) is 5.03. The van der Waals surface area contributed by atoms with Crippen LogP contribution in [0.15, 0.2) is 48.2 Å². The van der Waals surface area contributed by atoms with Crippen molar-refractivity contribution in [2.75, 3.05) is 0 Å². The van der Waals surface area contributed by atoms with E-state index in [1.807, 2.05) is 43.5 Å². The average Bonchev–Trinajstić information content (AvgIpc) is 3.21. The molecule has 1 aromatic carbocycles. The van der Waals surface area contributed by atoms with Crippen LogP contribution in [0.5, 0.6) is 0 Å². The predicted molar refractivity (Wildman–Crippen MR) is 89.5 cm³/mol. The van der Waals surface area contributed by atoms with Gasteiger partial charge in [-0.2, -0.15) is 5.10 Å². The fourth-order valence-corrected chi connectivity index (χ4v) is 2.79. The first-order valence-electron chi connectivity index (χ1n) is 7.22. The maximum Gasteiger partial charge on any atom is 0.315 e. The van der Waals surface area contributed by atoms with Gasteiger partial charge in [-0.25, -0.2) is 14.5 Å². The van der Waals surface area contributed by atoms with Crippen molar-refractivity contribution in [3.63, 3.8) is 0 Å². The van der Waals surface area contributed by atoms with Gasteiger partial charge in [0.15, 0.2) is 0 Å². The van der Waals surface area contributed by atoms with Crippen molar-refractivity contribution in [3.05, 3.63) is 64.4 Å². The number of urea groups is 1. The number of amides is 2. The summed E-state index contributed by atoms with van der Waals surface area (Å²) in [5.74, 6) is 0. The molecule has 2 N–H and O–H groups in total. The van der Waals surface area contributed by atoms with Gasteiger partial charge in [-0.3, -0.25) is 0 Å². The van der Waals surface area contributed by atoms with Crippen molar-refractivity contribution in [2.45, 2.75) is 20.0 Å². The van der Waals surface area contributed by atoms with Gasteiger partial charge in [0.1, 0.15) is 0 Å². The Balaban J connectivity index is 1.50. The quantitative estimate of drug-likeness (QED) is 0.757. The number of hydrogen-bond acceptors (Lipinski definition) is 4. The highest BCUT2D eigenvalue weighted by Gasteiger charge is 2.06. The highest BCUT2D eigenvalue weighted by atomic mass is 32.1. The topological polar surface area (TPSA) is 71.8 Å². The summed E-state index contributed by atoms with van der Waals surface area (Å²) in [6.45, 7) is 2.86. The molecule has 3 aromatic rings. The molecule has 0 aliphatic heterocycles. The summed E-state index contributed by atoms with van der Waals surface area (Å²) in [5, 5.41) is 9.96. The Morgan fingerprint density at radius 2 is 2.00 bits per heavy atom. The van der Waals surface area contributed by atoms with Crippen LogP contribution >= 0.6 is 11.3 Å². The lowest BCUT2D eigenvalue weighted by atomic mass is 10.3. The molecule has 6 nitrogen and oxygen atoms in total. The lowest BCUT2D eigenvalue weighted by Crippen LogP contribution is -2.34. The number of thiazole rings is 1. The van der Waals surface area contributed by atoms with Gasteiger partial charge < -0.3 is 10.6 Å². The van der Waals surface area contributed by atoms with Crippen LogP contribution in [0.4, 0.5) is 4.79 Å². The second kappa shape index (κ2) is 7.06. The van der Waals surface area contributed by atoms with Gasteiger partial charge in [0, 0.05) is 23.2 Å². The van der Waals surface area contributed by atoms with Crippen LogP contribution in [0.1, 0.15) is 16.1 Å². The molecule has 0 atom stereocenters. The van der Waals surface area contributed by atoms with Crippen LogP contribution < -0.4 is 10.6 Å². The summed E-state index contributed by atoms with van der Waals surface area (Å²) >= 11 is 1.54. The SMILES string of the molecule is Cc1ncsc1CNC(=O)NCc1cnn(-c2ccccc2)c1. The molecular weight excluding hydrogens is 310 g/mol. The van der Waals surface area contributed by atoms with Crippen molar-refractivity contribution >= 4 is 17.4 Å². The molecule has 2 aromatic heterocycles. The van der Waals surface area contributed by atoms with Crippen molar-refractivity contribution in [3.8, 4) is 5.69 Å². The monoisotopic (exact) mass is 327 g/mol. The van der Waals surface area contributed by atoms with Gasteiger partial charge >= 0.3 is 6.03 Å². The highest BCUT2D eigenvalue weighted by molar-refractivity contribution is 7.09. The van der Waals surface area contributed by atoms with Crippen LogP contribution in [0.3, 0.4) is 0 Å². The third-order valence-electron chi connectivity index (χ3n) is 3.36. The smallest absolute Gasteiger partial charge is 0.315 e. The molecule has 3 rings (SSSR count). The molecule has 0 radical (unpaired) electrons. The highest BCUT2D eigenvalue weighted by Crippen LogP contribution is 2.11. The van der Waals surface area contributed by atoms with Gasteiger partial charge in [0.05, 0.1) is 29.6 Å². The predicted octanol–water partition coefficient (Wildman–Crippen LogP) is 2.64. The van der Waals surface area contributed by atoms with Crippen molar-refractivity contribution in [1.82, 2.24) is 25.4 Å². The minimum absolute atomic E-state index is 0.203. The minimum Gasteiger partial charge on any atom is -0.334 e. The molecule has 0 unspecified atom stereocenters. The zero-order valence-electron chi connectivity index (χ0n) is 12.7. The average molecular weight is 327 g/mol. The van der Waals surface area contributed by atoms with E-state index in [1.54, 1.807) is 27.7 Å². The fraction of sp³-hybridized carbons (Fsp3) is 0.188. The van der Waals surface area contributed by atoms with Crippen LogP contribution in [0.2, 0.25) is 0 Å². The van der Waals surface area contributed by atoms with Gasteiger partial charge in [0.2, 0.25) is 0 Å². The third-order valence-corrected chi connectivity index (χ3v) is 4.30. The minimum atomic E-state index is -0.203. The van der Waals surface area contributed by atoms with Crippen LogP contribution in [-0.2, 0) is 13.1 Å². The van der Waals surface area contributed by atoms with Crippen LogP contribution in [0.25, 0.3) is 5.69 Å². The van der Waals surface area contributed by atoms with Crippen molar-refractivity contribution in [2.24, 2.45) is 0 Å². The number of para-hydroxylation sites is 1. The largest absolute Gasteiger partial charge is 0.334 e. The standard InChI is InChI=1S/C16H17N5OS/c1-12-15(23-11-19-12)9-18-16(22)17-7-13-8-20-21(10-13)14-5-3-2-4-6-14/h2-6,8,10-11H,7,9H2,1H3,(H2,17,18,22). The molecule has 7 heteroatoms. The van der Waals surface area contributed by atoms with Gasteiger partial charge in [-0.1, -0.05) is 18.2 Å². The molecule has 0 bridgehead atoms. The molecule has 23 heavy (non-hydrogen) atoms. The van der Waals surface area contributed by atoms with E-state index in [1.165, 1.54) is 0 Å². The van der Waals surface area contributed by atoms with Crippen LogP contribution in [0, 0.1) is 6.92 Å². The fourth-order valence-electron chi connectivity index (χ4n) is 2.07. The molecule has 0 aliphatic carbocycles. The first kappa shape index (κ1) is 15.2. The Bertz CT molecular complexity index is 781. The molecule has 0 spiro atoms. The molecular formula is C16H17N5OS. The number of carbonyl (C=O) groups excluding carboxylic acids is 1. The van der Waals surface area contributed by atoms with Crippen molar-refractivity contribution < 1.29 is 4.79 Å². The van der Waals surface area contributed by atoms with E-state index in [4.69, 9.17) is 0 Å². The van der Waals surface area contributed by atoms with E-state index >= 15 is 0 Å². The summed E-state index contributed by atoms with van der Waals surface area (Å²) in [6, 6.07) is 9.64. The van der Waals surface area contributed by atoms with Crippen LogP contribution in [-0.4, -0.2) is 20.8 Å². The lowest BCUT2D eigenvalue weighted by molar-refractivity contribution is 0.240. The molecule has 0 aliphatic rings. The first-order valence-corrected chi connectivity index (χ1v) is 8.10. The maximum absolute atomic E-state index is 11.8. The molecule has 2 amide bonds. The number of aromatic nitrogens is 3. The van der Waals surface area contributed by atoms with Gasteiger partial charge in [-0.05, 0) is 19.1 Å². The molecule has 0 fully saturated rings. The number of benzene rings is 1. The third kappa shape index (κ3) is 3.95. The zero-order chi connectivity index (χ0) is 16.1. The molecule has 2 heterocycles. The summed E-state index contributed by atoms with van der Waals surface area (Å²) in [4.78, 5) is 17.1. The first-order chi connectivity index (χ1) is 11.2. The van der Waals surface area contributed by atoms with E-state index < -0.39 is 0 Å². The number of nitrogens with zero attached hydrogens (tertiary/aromatic N) is 3. The Hall–Kier alpha value is -2.67. The Morgan fingerprint density at radius 1 is 1.22 bits per heavy atom. The lowest BCUT2D eigenvalue weighted by Gasteiger charge is -2.05. The van der Waals surface area contributed by atoms with E-state index in [0.29, 0.717) is 13.1 Å². The summed E-state index contributed by atoms with van der Waals surface area (Å²) < 4.78 is 1.79. The van der Waals surface area contributed by atoms with Gasteiger partial charge in [-0.15, -0.1) is 11.3 Å². The number of nitrogens with one attached hydrogen (secondary N) is 2. The van der Waals surface area contributed by atoms with Gasteiger partial charge in [0.25, 0.3) is 0 Å². The molecule has 0 saturated carbocycles. The normalized spacial score (nSPS) is 10.5. The Kier molecular flexibility index (Phi) is 4.68. The summed E-state index contributed by atoms with van der Waals surface area (Å²) in [6.07, 6.45) is 3.66. The zero-order valence-corrected chi connectivity index (χ0v) is 13.5. The van der Waals surface area contributed by atoms with E-state index in [0.717, 1.165) is 21.8 Å².